The van der Waals surface area contributed by atoms with Crippen LogP contribution in [0.5, 0.6) is 0 Å². The number of aliphatic imine (C=N–C) groups is 1. The zero-order valence-corrected chi connectivity index (χ0v) is 15.0. The molecular formula is C18H29FN4O. The summed E-state index contributed by atoms with van der Waals surface area (Å²) in [4.78, 5) is 8.78. The zero-order chi connectivity index (χ0) is 17.4. The van der Waals surface area contributed by atoms with Crippen molar-refractivity contribution in [1.82, 2.24) is 15.1 Å². The highest BCUT2D eigenvalue weighted by Gasteiger charge is 2.15. The molecular weight excluding hydrogens is 307 g/mol. The molecule has 2 rings (SSSR count). The summed E-state index contributed by atoms with van der Waals surface area (Å²) in [6, 6.07) is 6.68. The van der Waals surface area contributed by atoms with Crippen LogP contribution in [-0.4, -0.2) is 69.2 Å². The maximum absolute atomic E-state index is 13.3. The molecule has 0 aliphatic carbocycles. The third kappa shape index (κ3) is 6.09. The van der Waals surface area contributed by atoms with E-state index in [0.717, 1.165) is 50.9 Å². The summed E-state index contributed by atoms with van der Waals surface area (Å²) in [5.74, 6) is 1.14. The van der Waals surface area contributed by atoms with Crippen LogP contribution >= 0.6 is 0 Å². The van der Waals surface area contributed by atoms with Crippen LogP contribution in [0.1, 0.15) is 12.5 Å². The topological polar surface area (TPSA) is 40.1 Å². The maximum Gasteiger partial charge on any atom is 0.193 e. The molecule has 0 radical (unpaired) electrons. The van der Waals surface area contributed by atoms with Crippen LogP contribution in [0.15, 0.2) is 29.3 Å². The molecule has 0 bridgehead atoms. The number of guanidine groups is 1. The highest BCUT2D eigenvalue weighted by Crippen LogP contribution is 2.07. The lowest BCUT2D eigenvalue weighted by atomic mass is 10.1. The van der Waals surface area contributed by atoms with Crippen molar-refractivity contribution in [2.45, 2.75) is 13.5 Å². The van der Waals surface area contributed by atoms with Gasteiger partial charge in [0.15, 0.2) is 5.96 Å². The summed E-state index contributed by atoms with van der Waals surface area (Å²) in [7, 11) is 3.74. The van der Waals surface area contributed by atoms with Crippen LogP contribution in [-0.2, 0) is 11.3 Å². The van der Waals surface area contributed by atoms with E-state index in [1.165, 1.54) is 6.07 Å². The van der Waals surface area contributed by atoms with E-state index in [4.69, 9.17) is 4.74 Å². The first-order valence-corrected chi connectivity index (χ1v) is 8.55. The molecule has 1 fully saturated rings. The van der Waals surface area contributed by atoms with E-state index in [1.54, 1.807) is 19.2 Å². The Balaban J connectivity index is 1.78. The smallest absolute Gasteiger partial charge is 0.193 e. The molecule has 1 atom stereocenters. The quantitative estimate of drug-likeness (QED) is 0.635. The minimum Gasteiger partial charge on any atom is -0.379 e. The van der Waals surface area contributed by atoms with Crippen molar-refractivity contribution in [3.8, 4) is 0 Å². The lowest BCUT2D eigenvalue weighted by molar-refractivity contribution is 0.0320. The Labute approximate surface area is 144 Å². The largest absolute Gasteiger partial charge is 0.379 e. The second kappa shape index (κ2) is 9.59. The van der Waals surface area contributed by atoms with E-state index in [2.05, 4.69) is 22.1 Å². The van der Waals surface area contributed by atoms with E-state index >= 15 is 0 Å². The van der Waals surface area contributed by atoms with Crippen LogP contribution in [0.4, 0.5) is 4.39 Å². The average molecular weight is 336 g/mol. The zero-order valence-electron chi connectivity index (χ0n) is 15.0. The summed E-state index contributed by atoms with van der Waals surface area (Å²) in [5, 5.41) is 3.42. The molecule has 0 amide bonds. The van der Waals surface area contributed by atoms with Crippen molar-refractivity contribution < 1.29 is 9.13 Å². The third-order valence-corrected chi connectivity index (χ3v) is 4.16. The molecule has 134 valence electrons. The number of nitrogens with zero attached hydrogens (tertiary/aromatic N) is 3. The fourth-order valence-corrected chi connectivity index (χ4v) is 2.92. The van der Waals surface area contributed by atoms with Gasteiger partial charge in [0, 0.05) is 46.8 Å². The van der Waals surface area contributed by atoms with Gasteiger partial charge in [0.2, 0.25) is 0 Å². The second-order valence-electron chi connectivity index (χ2n) is 6.43. The van der Waals surface area contributed by atoms with Crippen LogP contribution in [0.3, 0.4) is 0 Å². The Morgan fingerprint density at radius 3 is 2.83 bits per heavy atom. The molecule has 1 aliphatic heterocycles. The molecule has 0 spiro atoms. The molecule has 5 nitrogen and oxygen atoms in total. The van der Waals surface area contributed by atoms with Crippen LogP contribution in [0.25, 0.3) is 0 Å². The predicted molar refractivity (Wildman–Crippen MR) is 95.7 cm³/mol. The average Bonchev–Trinajstić information content (AvgIpc) is 2.56. The first-order chi connectivity index (χ1) is 11.6. The highest BCUT2D eigenvalue weighted by atomic mass is 19.1. The monoisotopic (exact) mass is 336 g/mol. The molecule has 0 aromatic heterocycles. The SMILES string of the molecule is CN=C(NCC(C)CN1CCOCC1)N(C)Cc1cccc(F)c1. The molecule has 1 heterocycles. The standard InChI is InChI=1S/C18H29FN4O/c1-15(13-23-7-9-24-10-8-23)12-21-18(20-2)22(3)14-16-5-4-6-17(19)11-16/h4-6,11,15H,7-10,12-14H2,1-3H3,(H,20,21). The molecule has 1 aromatic rings. The summed E-state index contributed by atoms with van der Waals surface area (Å²) in [6.07, 6.45) is 0. The van der Waals surface area contributed by atoms with Gasteiger partial charge in [0.1, 0.15) is 5.82 Å². The van der Waals surface area contributed by atoms with Gasteiger partial charge < -0.3 is 15.0 Å². The van der Waals surface area contributed by atoms with Gasteiger partial charge in [-0.15, -0.1) is 0 Å². The number of hydrogen-bond acceptors (Lipinski definition) is 3. The van der Waals surface area contributed by atoms with E-state index < -0.39 is 0 Å². The lowest BCUT2D eigenvalue weighted by Crippen LogP contribution is -2.44. The Kier molecular flexibility index (Phi) is 7.46. The van der Waals surface area contributed by atoms with Crippen molar-refractivity contribution in [3.63, 3.8) is 0 Å². The molecule has 1 saturated heterocycles. The van der Waals surface area contributed by atoms with E-state index in [9.17, 15) is 4.39 Å². The minimum atomic E-state index is -0.206. The molecule has 0 saturated carbocycles. The van der Waals surface area contributed by atoms with E-state index in [-0.39, 0.29) is 5.82 Å². The molecule has 1 unspecified atom stereocenters. The van der Waals surface area contributed by atoms with Crippen molar-refractivity contribution in [2.24, 2.45) is 10.9 Å². The minimum absolute atomic E-state index is 0.206. The van der Waals surface area contributed by atoms with Gasteiger partial charge in [-0.1, -0.05) is 19.1 Å². The Bertz CT molecular complexity index is 532. The van der Waals surface area contributed by atoms with Crippen molar-refractivity contribution >= 4 is 5.96 Å². The number of nitrogens with one attached hydrogen (secondary N) is 1. The van der Waals surface area contributed by atoms with Crippen LogP contribution in [0.2, 0.25) is 0 Å². The molecule has 6 heteroatoms. The summed E-state index contributed by atoms with van der Waals surface area (Å²) in [5.41, 5.74) is 0.932. The molecule has 24 heavy (non-hydrogen) atoms. The Hall–Kier alpha value is -1.66. The Morgan fingerprint density at radius 2 is 2.17 bits per heavy atom. The van der Waals surface area contributed by atoms with Gasteiger partial charge in [0.05, 0.1) is 13.2 Å². The number of ether oxygens (including phenoxy) is 1. The van der Waals surface area contributed by atoms with Gasteiger partial charge in [0.25, 0.3) is 0 Å². The lowest BCUT2D eigenvalue weighted by Gasteiger charge is -2.30. The van der Waals surface area contributed by atoms with Crippen molar-refractivity contribution in [2.75, 3.05) is 53.5 Å². The first kappa shape index (κ1) is 18.7. The number of hydrogen-bond donors (Lipinski definition) is 1. The van der Waals surface area contributed by atoms with E-state index in [0.29, 0.717) is 12.5 Å². The fraction of sp³-hybridized carbons (Fsp3) is 0.611. The number of benzene rings is 1. The van der Waals surface area contributed by atoms with Gasteiger partial charge in [-0.2, -0.15) is 0 Å². The van der Waals surface area contributed by atoms with Gasteiger partial charge >= 0.3 is 0 Å². The van der Waals surface area contributed by atoms with E-state index in [1.807, 2.05) is 18.0 Å². The van der Waals surface area contributed by atoms with Gasteiger partial charge in [-0.25, -0.2) is 4.39 Å². The van der Waals surface area contributed by atoms with Crippen LogP contribution in [0, 0.1) is 11.7 Å². The van der Waals surface area contributed by atoms with Crippen molar-refractivity contribution in [1.29, 1.82) is 0 Å². The number of rotatable bonds is 6. The predicted octanol–water partition coefficient (Wildman–Crippen LogP) is 1.80. The normalized spacial score (nSPS) is 17.6. The van der Waals surface area contributed by atoms with Crippen molar-refractivity contribution in [3.05, 3.63) is 35.6 Å². The number of morpholine rings is 1. The Morgan fingerprint density at radius 1 is 1.42 bits per heavy atom. The highest BCUT2D eigenvalue weighted by molar-refractivity contribution is 5.79. The second-order valence-corrected chi connectivity index (χ2v) is 6.43. The summed E-state index contributed by atoms with van der Waals surface area (Å²) >= 11 is 0. The summed E-state index contributed by atoms with van der Waals surface area (Å²) in [6.45, 7) is 8.46. The molecule has 1 N–H and O–H groups in total. The summed E-state index contributed by atoms with van der Waals surface area (Å²) < 4.78 is 18.7. The molecule has 1 aliphatic rings. The fourth-order valence-electron chi connectivity index (χ4n) is 2.92. The van der Waals surface area contributed by atoms with Gasteiger partial charge in [-0.05, 0) is 23.6 Å². The van der Waals surface area contributed by atoms with Crippen LogP contribution < -0.4 is 5.32 Å². The van der Waals surface area contributed by atoms with Gasteiger partial charge in [-0.3, -0.25) is 9.89 Å². The first-order valence-electron chi connectivity index (χ1n) is 8.55. The number of halogens is 1. The third-order valence-electron chi connectivity index (χ3n) is 4.16. The maximum atomic E-state index is 13.3. The molecule has 1 aromatic carbocycles.